The van der Waals surface area contributed by atoms with Gasteiger partial charge in [0.1, 0.15) is 18.0 Å². The van der Waals surface area contributed by atoms with Crippen LogP contribution in [0.15, 0.2) is 109 Å². The number of benzene rings is 3. The number of thioether (sulfide) groups is 1. The van der Waals surface area contributed by atoms with E-state index in [2.05, 4.69) is 15.6 Å². The summed E-state index contributed by atoms with van der Waals surface area (Å²) in [4.78, 5) is 45.1. The van der Waals surface area contributed by atoms with Crippen molar-refractivity contribution in [3.8, 4) is 0 Å². The molecular formula is C31H28N4O4S. The minimum absolute atomic E-state index is 0.0956. The summed E-state index contributed by atoms with van der Waals surface area (Å²) in [6, 6.07) is 28.6. The van der Waals surface area contributed by atoms with Crippen molar-refractivity contribution in [3.63, 3.8) is 0 Å². The van der Waals surface area contributed by atoms with Gasteiger partial charge in [0.25, 0.3) is 5.91 Å². The van der Waals surface area contributed by atoms with Crippen LogP contribution in [0.3, 0.4) is 0 Å². The molecule has 1 aliphatic rings. The fourth-order valence-corrected chi connectivity index (χ4v) is 5.77. The zero-order chi connectivity index (χ0) is 27.7. The van der Waals surface area contributed by atoms with Gasteiger partial charge in [0.2, 0.25) is 5.91 Å². The summed E-state index contributed by atoms with van der Waals surface area (Å²) < 4.78 is 5.63. The monoisotopic (exact) mass is 552 g/mol. The van der Waals surface area contributed by atoms with Crippen LogP contribution in [0.25, 0.3) is 0 Å². The van der Waals surface area contributed by atoms with Crippen LogP contribution in [0.5, 0.6) is 0 Å². The zero-order valence-corrected chi connectivity index (χ0v) is 22.4. The lowest BCUT2D eigenvalue weighted by molar-refractivity contribution is -0.120. The van der Waals surface area contributed by atoms with E-state index in [9.17, 15) is 14.4 Å². The van der Waals surface area contributed by atoms with Crippen LogP contribution in [0, 0.1) is 0 Å². The quantitative estimate of drug-likeness (QED) is 0.304. The smallest absolute Gasteiger partial charge is 0.412 e. The van der Waals surface area contributed by atoms with E-state index in [1.54, 1.807) is 36.7 Å². The molecule has 2 atom stereocenters. The van der Waals surface area contributed by atoms with Crippen molar-refractivity contribution in [2.75, 3.05) is 11.1 Å². The molecule has 3 amide bonds. The third kappa shape index (κ3) is 6.68. The highest BCUT2D eigenvalue weighted by atomic mass is 32.2. The number of carbonyl (C=O) groups excluding carboxylic acids is 3. The molecule has 2 unspecified atom stereocenters. The van der Waals surface area contributed by atoms with Gasteiger partial charge >= 0.3 is 6.09 Å². The molecule has 202 valence electrons. The molecule has 2 heterocycles. The number of anilines is 1. The first kappa shape index (κ1) is 27.0. The first-order valence-corrected chi connectivity index (χ1v) is 13.9. The van der Waals surface area contributed by atoms with Gasteiger partial charge in [-0.3, -0.25) is 19.5 Å². The largest absolute Gasteiger partial charge is 0.444 e. The molecule has 8 nitrogen and oxygen atoms in total. The van der Waals surface area contributed by atoms with E-state index in [4.69, 9.17) is 4.74 Å². The number of carbonyl (C=O) groups is 3. The van der Waals surface area contributed by atoms with Crippen LogP contribution in [-0.4, -0.2) is 39.6 Å². The Hall–Kier alpha value is -4.63. The molecule has 4 aromatic rings. The number of aromatic nitrogens is 1. The summed E-state index contributed by atoms with van der Waals surface area (Å²) in [7, 11) is 0. The number of nitrogens with one attached hydrogen (secondary N) is 2. The number of amides is 3. The van der Waals surface area contributed by atoms with Gasteiger partial charge in [-0.15, -0.1) is 11.8 Å². The van der Waals surface area contributed by atoms with Crippen LogP contribution in [0.1, 0.15) is 32.4 Å². The summed E-state index contributed by atoms with van der Waals surface area (Å²) in [6.07, 6.45) is 2.74. The van der Waals surface area contributed by atoms with E-state index in [-0.39, 0.29) is 18.4 Å². The van der Waals surface area contributed by atoms with E-state index >= 15 is 0 Å². The van der Waals surface area contributed by atoms with Crippen LogP contribution in [0.4, 0.5) is 10.5 Å². The lowest BCUT2D eigenvalue weighted by Crippen LogP contribution is -2.45. The Balaban J connectivity index is 1.28. The standard InChI is InChI=1S/C31H28N4O4S/c36-28(33-19-22-8-3-1-4-9-22)25-12-7-13-26(18-25)34-29(37)27-21-40-30(24-14-16-32-17-15-24)35(27)31(38)39-20-23-10-5-2-6-11-23/h1-18,27,30H,19-21H2,(H,33,36)(H,34,37). The maximum absolute atomic E-state index is 13.5. The maximum atomic E-state index is 13.5. The van der Waals surface area contributed by atoms with Crippen molar-refractivity contribution < 1.29 is 19.1 Å². The normalized spacial score (nSPS) is 16.2. The van der Waals surface area contributed by atoms with Crippen molar-refractivity contribution in [2.45, 2.75) is 24.6 Å². The van der Waals surface area contributed by atoms with Gasteiger partial charge in [-0.05, 0) is 47.0 Å². The fourth-order valence-electron chi connectivity index (χ4n) is 4.35. The van der Waals surface area contributed by atoms with Crippen LogP contribution < -0.4 is 10.6 Å². The minimum Gasteiger partial charge on any atom is -0.444 e. The Bertz CT molecular complexity index is 1450. The SMILES string of the molecule is O=C(NCc1ccccc1)c1cccc(NC(=O)C2CSC(c3ccncc3)N2C(=O)OCc2ccccc2)c1. The number of ether oxygens (including phenoxy) is 1. The predicted molar refractivity (Wildman–Crippen MR) is 154 cm³/mol. The molecule has 0 saturated carbocycles. The summed E-state index contributed by atoms with van der Waals surface area (Å²) in [5.41, 5.74) is 3.58. The lowest BCUT2D eigenvalue weighted by Gasteiger charge is -2.28. The molecule has 1 fully saturated rings. The van der Waals surface area contributed by atoms with Gasteiger partial charge in [0.05, 0.1) is 0 Å². The Labute approximate surface area is 236 Å². The van der Waals surface area contributed by atoms with Gasteiger partial charge in [0.15, 0.2) is 0 Å². The van der Waals surface area contributed by atoms with Crippen LogP contribution >= 0.6 is 11.8 Å². The highest BCUT2D eigenvalue weighted by molar-refractivity contribution is 7.99. The van der Waals surface area contributed by atoms with E-state index < -0.39 is 17.5 Å². The van der Waals surface area contributed by atoms with Gasteiger partial charge in [0, 0.05) is 35.9 Å². The summed E-state index contributed by atoms with van der Waals surface area (Å²) >= 11 is 1.49. The molecule has 3 aromatic carbocycles. The molecule has 9 heteroatoms. The van der Waals surface area contributed by atoms with E-state index in [0.717, 1.165) is 16.7 Å². The topological polar surface area (TPSA) is 101 Å². The number of pyridine rings is 1. The zero-order valence-electron chi connectivity index (χ0n) is 21.6. The molecule has 0 spiro atoms. The van der Waals surface area contributed by atoms with Gasteiger partial charge in [-0.2, -0.15) is 0 Å². The molecule has 0 radical (unpaired) electrons. The number of nitrogens with zero attached hydrogens (tertiary/aromatic N) is 2. The van der Waals surface area contributed by atoms with Crippen LogP contribution in [-0.2, 0) is 22.7 Å². The Morgan fingerprint density at radius 3 is 2.30 bits per heavy atom. The summed E-state index contributed by atoms with van der Waals surface area (Å²) in [6.45, 7) is 0.490. The first-order valence-electron chi connectivity index (χ1n) is 12.8. The molecular weight excluding hydrogens is 524 g/mol. The van der Waals surface area contributed by atoms with E-state index in [1.165, 1.54) is 16.7 Å². The van der Waals surface area contributed by atoms with E-state index in [0.29, 0.717) is 23.5 Å². The molecule has 1 aromatic heterocycles. The molecule has 1 saturated heterocycles. The molecule has 2 N–H and O–H groups in total. The molecule has 0 aliphatic carbocycles. The van der Waals surface area contributed by atoms with Crippen molar-refractivity contribution >= 4 is 35.4 Å². The second-order valence-electron chi connectivity index (χ2n) is 9.17. The lowest BCUT2D eigenvalue weighted by atomic mass is 10.1. The van der Waals surface area contributed by atoms with Gasteiger partial charge in [-0.25, -0.2) is 4.79 Å². The number of hydrogen-bond acceptors (Lipinski definition) is 6. The van der Waals surface area contributed by atoms with Crippen molar-refractivity contribution in [1.82, 2.24) is 15.2 Å². The summed E-state index contributed by atoms with van der Waals surface area (Å²) in [5.74, 6) is -0.223. The second kappa shape index (κ2) is 12.9. The third-order valence-corrected chi connectivity index (χ3v) is 7.72. The molecule has 5 rings (SSSR count). The predicted octanol–water partition coefficient (Wildman–Crippen LogP) is 5.40. The Morgan fingerprint density at radius 1 is 0.875 bits per heavy atom. The maximum Gasteiger partial charge on any atom is 0.412 e. The highest BCUT2D eigenvalue weighted by Crippen LogP contribution is 2.42. The Kier molecular flexibility index (Phi) is 8.73. The third-order valence-electron chi connectivity index (χ3n) is 6.40. The molecule has 40 heavy (non-hydrogen) atoms. The van der Waals surface area contributed by atoms with Crippen LogP contribution in [0.2, 0.25) is 0 Å². The van der Waals surface area contributed by atoms with Gasteiger partial charge in [-0.1, -0.05) is 66.7 Å². The van der Waals surface area contributed by atoms with Crippen molar-refractivity contribution in [3.05, 3.63) is 132 Å². The van der Waals surface area contributed by atoms with E-state index in [1.807, 2.05) is 72.8 Å². The number of hydrogen-bond donors (Lipinski definition) is 2. The van der Waals surface area contributed by atoms with Gasteiger partial charge < -0.3 is 15.4 Å². The highest BCUT2D eigenvalue weighted by Gasteiger charge is 2.43. The van der Waals surface area contributed by atoms with Crippen molar-refractivity contribution in [2.24, 2.45) is 0 Å². The second-order valence-corrected chi connectivity index (χ2v) is 10.3. The average Bonchev–Trinajstić information content (AvgIpc) is 3.46. The minimum atomic E-state index is -0.776. The Morgan fingerprint density at radius 2 is 1.57 bits per heavy atom. The fraction of sp³-hybridized carbons (Fsp3) is 0.161. The molecule has 0 bridgehead atoms. The van der Waals surface area contributed by atoms with Crippen molar-refractivity contribution in [1.29, 1.82) is 0 Å². The average molecular weight is 553 g/mol. The molecule has 1 aliphatic heterocycles. The first-order chi connectivity index (χ1) is 19.6. The summed E-state index contributed by atoms with van der Waals surface area (Å²) in [5, 5.41) is 5.38. The number of rotatable bonds is 8.